The van der Waals surface area contributed by atoms with Gasteiger partial charge in [-0.05, 0) is 60.3 Å². The van der Waals surface area contributed by atoms with Gasteiger partial charge >= 0.3 is 0 Å². The molecule has 1 aliphatic heterocycles. The van der Waals surface area contributed by atoms with E-state index in [-0.39, 0.29) is 28.3 Å². The molecule has 4 aromatic rings. The van der Waals surface area contributed by atoms with Crippen molar-refractivity contribution in [2.45, 2.75) is 25.0 Å². The molecule has 5 rings (SSSR count). The van der Waals surface area contributed by atoms with Crippen LogP contribution in [0.15, 0.2) is 66.9 Å². The molecule has 3 heterocycles. The second-order valence-electron chi connectivity index (χ2n) is 8.89. The molecular formula is C27H26N6O4S. The summed E-state index contributed by atoms with van der Waals surface area (Å²) in [6.07, 6.45) is 3.39. The van der Waals surface area contributed by atoms with Gasteiger partial charge in [-0.15, -0.1) is 0 Å². The first-order valence-electron chi connectivity index (χ1n) is 12.1. The average Bonchev–Trinajstić information content (AvgIpc) is 3.60. The second-order valence-corrected chi connectivity index (χ2v) is 9.66. The smallest absolute Gasteiger partial charge is 0.273 e. The van der Waals surface area contributed by atoms with E-state index in [0.717, 1.165) is 35.3 Å². The molecule has 0 spiro atoms. The second kappa shape index (κ2) is 11.0. The number of amides is 3. The van der Waals surface area contributed by atoms with Crippen molar-refractivity contribution in [3.8, 4) is 0 Å². The maximum Gasteiger partial charge on any atom is 0.273 e. The highest BCUT2D eigenvalue weighted by molar-refractivity contribution is 7.09. The fourth-order valence-corrected chi connectivity index (χ4v) is 5.25. The lowest BCUT2D eigenvalue weighted by Crippen LogP contribution is -2.45. The van der Waals surface area contributed by atoms with Gasteiger partial charge in [-0.2, -0.15) is 4.37 Å². The molecule has 10 nitrogen and oxygen atoms in total. The van der Waals surface area contributed by atoms with E-state index in [1.54, 1.807) is 36.5 Å². The minimum atomic E-state index is -1.07. The van der Waals surface area contributed by atoms with Gasteiger partial charge in [0, 0.05) is 30.4 Å². The molecule has 2 atom stereocenters. The van der Waals surface area contributed by atoms with Gasteiger partial charge in [-0.3, -0.25) is 24.3 Å². The first kappa shape index (κ1) is 25.3. The van der Waals surface area contributed by atoms with Crippen molar-refractivity contribution in [1.82, 2.24) is 14.7 Å². The third kappa shape index (κ3) is 5.06. The molecule has 0 saturated carbocycles. The number of nitrogens with one attached hydrogen (secondary N) is 1. The topological polar surface area (TPSA) is 154 Å². The summed E-state index contributed by atoms with van der Waals surface area (Å²) < 4.78 is 9.67. The van der Waals surface area contributed by atoms with Crippen LogP contribution < -0.4 is 21.7 Å². The summed E-state index contributed by atoms with van der Waals surface area (Å²) in [5.41, 5.74) is 13.0. The Bertz CT molecular complexity index is 1490. The van der Waals surface area contributed by atoms with Gasteiger partial charge < -0.3 is 21.5 Å². The number of hydrogen-bond acceptors (Lipinski definition) is 8. The summed E-state index contributed by atoms with van der Waals surface area (Å²) in [6, 6.07) is 16.9. The van der Waals surface area contributed by atoms with Crippen LogP contribution in [0.4, 0.5) is 11.4 Å². The third-order valence-electron chi connectivity index (χ3n) is 6.39. The van der Waals surface area contributed by atoms with E-state index in [4.69, 9.17) is 16.2 Å². The minimum absolute atomic E-state index is 0.0158. The Balaban J connectivity index is 1.62. The number of rotatable bonds is 8. The van der Waals surface area contributed by atoms with Crippen LogP contribution in [-0.4, -0.2) is 46.3 Å². The highest BCUT2D eigenvalue weighted by Gasteiger charge is 2.36. The van der Waals surface area contributed by atoms with Crippen molar-refractivity contribution in [3.05, 3.63) is 83.0 Å². The van der Waals surface area contributed by atoms with Crippen molar-refractivity contribution in [1.29, 1.82) is 0 Å². The molecule has 11 heteroatoms. The molecule has 1 aliphatic rings. The lowest BCUT2D eigenvalue weighted by Gasteiger charge is -2.31. The van der Waals surface area contributed by atoms with Crippen LogP contribution in [0.5, 0.6) is 0 Å². The first-order valence-corrected chi connectivity index (χ1v) is 12.9. The van der Waals surface area contributed by atoms with E-state index in [2.05, 4.69) is 14.7 Å². The van der Waals surface area contributed by atoms with Gasteiger partial charge in [0.1, 0.15) is 10.9 Å². The fourth-order valence-electron chi connectivity index (χ4n) is 4.51. The fraction of sp³-hybridized carbons (Fsp3) is 0.222. The van der Waals surface area contributed by atoms with Gasteiger partial charge in [0.2, 0.25) is 5.91 Å². The molecule has 5 N–H and O–H groups in total. The average molecular weight is 531 g/mol. The lowest BCUT2D eigenvalue weighted by atomic mass is 10.00. The largest absolute Gasteiger partial charge is 0.395 e. The summed E-state index contributed by atoms with van der Waals surface area (Å²) >= 11 is 0.767. The van der Waals surface area contributed by atoms with E-state index >= 15 is 0 Å². The highest BCUT2D eigenvalue weighted by Crippen LogP contribution is 2.34. The molecule has 1 fully saturated rings. The molecule has 0 bridgehead atoms. The minimum Gasteiger partial charge on any atom is -0.395 e. The summed E-state index contributed by atoms with van der Waals surface area (Å²) in [5, 5.41) is 3.79. The van der Waals surface area contributed by atoms with Crippen molar-refractivity contribution in [2.75, 3.05) is 23.8 Å². The predicted molar refractivity (Wildman–Crippen MR) is 145 cm³/mol. The lowest BCUT2D eigenvalue weighted by molar-refractivity contribution is -0.123. The molecule has 2 aromatic heterocycles. The quantitative estimate of drug-likeness (QED) is 0.316. The highest BCUT2D eigenvalue weighted by atomic mass is 32.1. The number of para-hydroxylation sites is 1. The number of nitrogen functional groups attached to an aromatic ring is 1. The van der Waals surface area contributed by atoms with Crippen molar-refractivity contribution < 1.29 is 19.1 Å². The molecule has 2 unspecified atom stereocenters. The molecule has 0 aliphatic carbocycles. The maximum atomic E-state index is 14.1. The summed E-state index contributed by atoms with van der Waals surface area (Å²) in [6.45, 7) is 0.971. The number of fused-ring (bicyclic) bond motifs is 1. The molecule has 1 saturated heterocycles. The Labute approximate surface area is 222 Å². The van der Waals surface area contributed by atoms with E-state index in [1.807, 2.05) is 30.3 Å². The van der Waals surface area contributed by atoms with Gasteiger partial charge in [0.15, 0.2) is 5.69 Å². The zero-order valence-electron chi connectivity index (χ0n) is 20.4. The summed E-state index contributed by atoms with van der Waals surface area (Å²) in [4.78, 5) is 45.5. The number of hydrogen-bond donors (Lipinski definition) is 3. The number of nitrogens with two attached hydrogens (primary N) is 2. The SMILES string of the molecule is NC(=O)c1nsc(C(=O)N(c2ccccc2)C(C(=O)NCC2CCCO2)c2ccc3ncccc3c2)c1N. The first-order chi connectivity index (χ1) is 18.4. The zero-order valence-corrected chi connectivity index (χ0v) is 21.2. The Morgan fingerprint density at radius 1 is 1.13 bits per heavy atom. The van der Waals surface area contributed by atoms with E-state index in [9.17, 15) is 14.4 Å². The van der Waals surface area contributed by atoms with Crippen molar-refractivity contribution in [3.63, 3.8) is 0 Å². The predicted octanol–water partition coefficient (Wildman–Crippen LogP) is 3.06. The maximum absolute atomic E-state index is 14.1. The van der Waals surface area contributed by atoms with Gasteiger partial charge in [-0.1, -0.05) is 30.3 Å². The zero-order chi connectivity index (χ0) is 26.6. The number of nitrogens with zero attached hydrogens (tertiary/aromatic N) is 3. The van der Waals surface area contributed by atoms with Crippen LogP contribution in [0.3, 0.4) is 0 Å². The van der Waals surface area contributed by atoms with Gasteiger partial charge in [0.05, 0.1) is 17.3 Å². The summed E-state index contributed by atoms with van der Waals surface area (Å²) in [7, 11) is 0. The monoisotopic (exact) mass is 530 g/mol. The van der Waals surface area contributed by atoms with Crippen LogP contribution in [0, 0.1) is 0 Å². The number of carbonyl (C=O) groups is 3. The van der Waals surface area contributed by atoms with Crippen molar-refractivity contribution in [2.24, 2.45) is 5.73 Å². The molecule has 0 radical (unpaired) electrons. The number of primary amides is 1. The standard InChI is InChI=1S/C27H26N6O4S/c28-21-22(25(29)34)32-38-24(21)27(36)33(18-7-2-1-3-8-18)23(26(35)31-15-19-9-5-13-37-19)17-10-11-20-16(14-17)6-4-12-30-20/h1-4,6-8,10-12,14,19,23H,5,9,13,15,28H2,(H2,29,34)(H,31,35). The van der Waals surface area contributed by atoms with Gasteiger partial charge in [0.25, 0.3) is 11.8 Å². The Kier molecular flexibility index (Phi) is 7.29. The van der Waals surface area contributed by atoms with E-state index < -0.39 is 17.9 Å². The van der Waals surface area contributed by atoms with Crippen LogP contribution in [0.25, 0.3) is 10.9 Å². The number of benzene rings is 2. The molecular weight excluding hydrogens is 504 g/mol. The number of carbonyl (C=O) groups excluding carboxylic acids is 3. The van der Waals surface area contributed by atoms with Crippen molar-refractivity contribution >= 4 is 51.5 Å². The van der Waals surface area contributed by atoms with Gasteiger partial charge in [-0.25, -0.2) is 0 Å². The normalized spacial score (nSPS) is 15.7. The Morgan fingerprint density at radius 3 is 2.66 bits per heavy atom. The molecule has 194 valence electrons. The van der Waals surface area contributed by atoms with Crippen LogP contribution in [-0.2, 0) is 9.53 Å². The summed E-state index contributed by atoms with van der Waals surface area (Å²) in [5.74, 6) is -1.81. The number of aromatic nitrogens is 2. The Hall–Kier alpha value is -4.35. The number of pyridine rings is 1. The van der Waals surface area contributed by atoms with E-state index in [0.29, 0.717) is 24.4 Å². The third-order valence-corrected chi connectivity index (χ3v) is 7.24. The number of anilines is 2. The Morgan fingerprint density at radius 2 is 1.95 bits per heavy atom. The van der Waals surface area contributed by atoms with E-state index in [1.165, 1.54) is 4.90 Å². The number of ether oxygens (including phenoxy) is 1. The van der Waals surface area contributed by atoms with Crippen LogP contribution in [0.2, 0.25) is 0 Å². The van der Waals surface area contributed by atoms with Crippen LogP contribution >= 0.6 is 11.5 Å². The molecule has 38 heavy (non-hydrogen) atoms. The van der Waals surface area contributed by atoms with Crippen LogP contribution in [0.1, 0.15) is 44.6 Å². The molecule has 2 aromatic carbocycles. The molecule has 3 amide bonds.